The number of rotatable bonds is 6. The van der Waals surface area contributed by atoms with Crippen molar-refractivity contribution in [2.45, 2.75) is 57.7 Å². The van der Waals surface area contributed by atoms with Gasteiger partial charge in [-0.15, -0.1) is 0 Å². The number of carboxylic acids is 1. The molecule has 1 saturated heterocycles. The van der Waals surface area contributed by atoms with Crippen LogP contribution in [0.1, 0.15) is 39.5 Å². The lowest BCUT2D eigenvalue weighted by Crippen LogP contribution is -2.50. The second-order valence-corrected chi connectivity index (χ2v) is 4.64. The summed E-state index contributed by atoms with van der Waals surface area (Å²) in [6.07, 6.45) is 3.10. The zero-order chi connectivity index (χ0) is 13.5. The second kappa shape index (κ2) is 7.20. The Labute approximate surface area is 107 Å². The molecule has 6 nitrogen and oxygen atoms in total. The summed E-state index contributed by atoms with van der Waals surface area (Å²) in [4.78, 5) is 22.6. The van der Waals surface area contributed by atoms with E-state index in [1.165, 1.54) is 0 Å². The molecule has 3 N–H and O–H groups in total. The van der Waals surface area contributed by atoms with Crippen molar-refractivity contribution in [3.8, 4) is 0 Å². The van der Waals surface area contributed by atoms with Gasteiger partial charge in [0.15, 0.2) is 0 Å². The molecule has 6 heteroatoms. The molecular weight excluding hydrogens is 236 g/mol. The maximum atomic E-state index is 11.7. The van der Waals surface area contributed by atoms with Crippen molar-refractivity contribution < 1.29 is 19.4 Å². The van der Waals surface area contributed by atoms with E-state index in [1.54, 1.807) is 0 Å². The van der Waals surface area contributed by atoms with E-state index in [9.17, 15) is 9.59 Å². The lowest BCUT2D eigenvalue weighted by Gasteiger charge is -2.21. The number of carbonyl (C=O) groups excluding carboxylic acids is 1. The topological polar surface area (TPSA) is 87.7 Å². The van der Waals surface area contributed by atoms with Gasteiger partial charge in [-0.2, -0.15) is 0 Å². The van der Waals surface area contributed by atoms with Gasteiger partial charge in [0, 0.05) is 6.61 Å². The smallest absolute Gasteiger partial charge is 0.326 e. The summed E-state index contributed by atoms with van der Waals surface area (Å²) in [5.74, 6) is -1.00. The zero-order valence-corrected chi connectivity index (χ0v) is 10.9. The molecule has 3 atom stereocenters. The molecule has 18 heavy (non-hydrogen) atoms. The zero-order valence-electron chi connectivity index (χ0n) is 10.9. The van der Waals surface area contributed by atoms with Crippen LogP contribution in [0, 0.1) is 0 Å². The lowest BCUT2D eigenvalue weighted by atomic mass is 10.1. The molecule has 0 spiro atoms. The van der Waals surface area contributed by atoms with Gasteiger partial charge in [-0.1, -0.05) is 13.3 Å². The normalized spacial score (nSPS) is 22.2. The van der Waals surface area contributed by atoms with Gasteiger partial charge in [0.25, 0.3) is 0 Å². The maximum absolute atomic E-state index is 11.7. The van der Waals surface area contributed by atoms with Crippen LogP contribution in [0.5, 0.6) is 0 Å². The Bertz CT molecular complexity index is 290. The van der Waals surface area contributed by atoms with E-state index >= 15 is 0 Å². The molecule has 0 aromatic carbocycles. The van der Waals surface area contributed by atoms with Gasteiger partial charge in [0.1, 0.15) is 6.04 Å². The molecule has 0 radical (unpaired) electrons. The molecule has 2 amide bonds. The second-order valence-electron chi connectivity index (χ2n) is 4.64. The fraction of sp³-hybridized carbons (Fsp3) is 0.833. The molecule has 104 valence electrons. The molecular formula is C12H22N2O4. The summed E-state index contributed by atoms with van der Waals surface area (Å²) in [5.41, 5.74) is 0. The summed E-state index contributed by atoms with van der Waals surface area (Å²) in [5, 5.41) is 14.1. The van der Waals surface area contributed by atoms with Gasteiger partial charge < -0.3 is 20.5 Å². The predicted octanol–water partition coefficient (Wildman–Crippen LogP) is 1.11. The van der Waals surface area contributed by atoms with Crippen molar-refractivity contribution in [1.29, 1.82) is 0 Å². The maximum Gasteiger partial charge on any atom is 0.326 e. The monoisotopic (exact) mass is 258 g/mol. The Morgan fingerprint density at radius 3 is 2.67 bits per heavy atom. The Morgan fingerprint density at radius 1 is 1.44 bits per heavy atom. The van der Waals surface area contributed by atoms with E-state index in [-0.39, 0.29) is 12.1 Å². The molecule has 0 aromatic rings. The summed E-state index contributed by atoms with van der Waals surface area (Å²) >= 11 is 0. The molecule has 0 aromatic heterocycles. The third-order valence-electron chi connectivity index (χ3n) is 3.06. The van der Waals surface area contributed by atoms with Crippen molar-refractivity contribution in [2.75, 3.05) is 6.61 Å². The number of hydrogen-bond acceptors (Lipinski definition) is 3. The Morgan fingerprint density at radius 2 is 2.17 bits per heavy atom. The van der Waals surface area contributed by atoms with Gasteiger partial charge in [-0.25, -0.2) is 9.59 Å². The number of ether oxygens (including phenoxy) is 1. The molecule has 1 fully saturated rings. The van der Waals surface area contributed by atoms with E-state index in [0.717, 1.165) is 19.4 Å². The van der Waals surface area contributed by atoms with Crippen molar-refractivity contribution in [1.82, 2.24) is 10.6 Å². The fourth-order valence-corrected chi connectivity index (χ4v) is 2.04. The largest absolute Gasteiger partial charge is 0.480 e. The number of carboxylic acid groups (broad SMARTS) is 1. The summed E-state index contributed by atoms with van der Waals surface area (Å²) in [6, 6.07) is -1.38. The quantitative estimate of drug-likeness (QED) is 0.666. The molecule has 2 unspecified atom stereocenters. The Balaban J connectivity index is 2.36. The summed E-state index contributed by atoms with van der Waals surface area (Å²) < 4.78 is 5.46. The van der Waals surface area contributed by atoms with Gasteiger partial charge in [0.05, 0.1) is 12.1 Å². The number of nitrogens with one attached hydrogen (secondary N) is 2. The van der Waals surface area contributed by atoms with Crippen molar-refractivity contribution in [2.24, 2.45) is 0 Å². The molecule has 1 rings (SSSR count). The SMILES string of the molecule is CCC[C@H](NC(=O)NC(C)C1CCCO1)C(=O)O. The highest BCUT2D eigenvalue weighted by molar-refractivity contribution is 5.82. The fourth-order valence-electron chi connectivity index (χ4n) is 2.04. The van der Waals surface area contributed by atoms with Gasteiger partial charge in [0.2, 0.25) is 0 Å². The number of urea groups is 1. The highest BCUT2D eigenvalue weighted by Gasteiger charge is 2.25. The van der Waals surface area contributed by atoms with Crippen molar-refractivity contribution in [3.05, 3.63) is 0 Å². The third-order valence-corrected chi connectivity index (χ3v) is 3.06. The number of aliphatic carboxylic acids is 1. The first-order valence-corrected chi connectivity index (χ1v) is 6.46. The van der Waals surface area contributed by atoms with E-state index in [2.05, 4.69) is 10.6 Å². The van der Waals surface area contributed by atoms with E-state index in [0.29, 0.717) is 12.8 Å². The van der Waals surface area contributed by atoms with E-state index in [4.69, 9.17) is 9.84 Å². The predicted molar refractivity (Wildman–Crippen MR) is 66.4 cm³/mol. The van der Waals surface area contributed by atoms with Crippen molar-refractivity contribution >= 4 is 12.0 Å². The summed E-state index contributed by atoms with van der Waals surface area (Å²) in [6.45, 7) is 4.47. The minimum atomic E-state index is -1.00. The molecule has 1 heterocycles. The highest BCUT2D eigenvalue weighted by atomic mass is 16.5. The highest BCUT2D eigenvalue weighted by Crippen LogP contribution is 2.15. The van der Waals surface area contributed by atoms with Crippen LogP contribution in [0.15, 0.2) is 0 Å². The number of amides is 2. The first kappa shape index (κ1) is 14.8. The van der Waals surface area contributed by atoms with Gasteiger partial charge in [-0.05, 0) is 26.2 Å². The van der Waals surface area contributed by atoms with Crippen LogP contribution in [-0.4, -0.2) is 41.9 Å². The van der Waals surface area contributed by atoms with E-state index < -0.39 is 18.0 Å². The van der Waals surface area contributed by atoms with Crippen LogP contribution < -0.4 is 10.6 Å². The average Bonchev–Trinajstić information content (AvgIpc) is 2.81. The number of hydrogen-bond donors (Lipinski definition) is 3. The molecule has 1 aliphatic heterocycles. The molecule has 1 aliphatic rings. The Kier molecular flexibility index (Phi) is 5.91. The lowest BCUT2D eigenvalue weighted by molar-refractivity contribution is -0.139. The van der Waals surface area contributed by atoms with Crippen LogP contribution in [0.25, 0.3) is 0 Å². The van der Waals surface area contributed by atoms with Crippen LogP contribution in [0.3, 0.4) is 0 Å². The number of carbonyl (C=O) groups is 2. The van der Waals surface area contributed by atoms with Crippen molar-refractivity contribution in [3.63, 3.8) is 0 Å². The molecule has 0 bridgehead atoms. The molecule has 0 saturated carbocycles. The van der Waals surface area contributed by atoms with E-state index in [1.807, 2.05) is 13.8 Å². The van der Waals surface area contributed by atoms with Gasteiger partial charge >= 0.3 is 12.0 Å². The van der Waals surface area contributed by atoms with Crippen LogP contribution in [0.2, 0.25) is 0 Å². The summed E-state index contributed by atoms with van der Waals surface area (Å²) in [7, 11) is 0. The standard InChI is InChI=1S/C12H22N2O4/c1-3-5-9(11(15)16)14-12(17)13-8(2)10-6-4-7-18-10/h8-10H,3-7H2,1-2H3,(H,15,16)(H2,13,14,17)/t8?,9-,10?/m0/s1. The van der Waals surface area contributed by atoms with Crippen LogP contribution >= 0.6 is 0 Å². The first-order valence-electron chi connectivity index (χ1n) is 6.46. The van der Waals surface area contributed by atoms with Crippen LogP contribution in [-0.2, 0) is 9.53 Å². The van der Waals surface area contributed by atoms with Crippen LogP contribution in [0.4, 0.5) is 4.79 Å². The first-order chi connectivity index (χ1) is 8.54. The minimum Gasteiger partial charge on any atom is -0.480 e. The average molecular weight is 258 g/mol. The minimum absolute atomic E-state index is 0.0326. The van der Waals surface area contributed by atoms with Gasteiger partial charge in [-0.3, -0.25) is 0 Å². The molecule has 0 aliphatic carbocycles. The third kappa shape index (κ3) is 4.52. The Hall–Kier alpha value is -1.30.